The summed E-state index contributed by atoms with van der Waals surface area (Å²) in [5, 5.41) is 24.9. The molecule has 0 fully saturated rings. The third-order valence-electron chi connectivity index (χ3n) is 4.86. The van der Waals surface area contributed by atoms with Gasteiger partial charge in [-0.15, -0.1) is 10.2 Å². The van der Waals surface area contributed by atoms with Crippen LogP contribution in [0.4, 0.5) is 0 Å². The second-order valence-electron chi connectivity index (χ2n) is 8.46. The quantitative estimate of drug-likeness (QED) is 0.304. The summed E-state index contributed by atoms with van der Waals surface area (Å²) >= 11 is 16.1. The number of halogens is 3. The molecule has 0 saturated carbocycles. The van der Waals surface area contributed by atoms with Crippen LogP contribution in [0.1, 0.15) is 45.3 Å². The standard InChI is InChI=1S/C23H21BrCl2N4O2/c1-12(31)18-19(21-27-28-22(32-21)23(2,3)4)29-30(17-10-9-15(25)11-16(17)26)20(18)13-5-7-14(24)8-6-13/h5-12,31H,1-4H3. The highest BCUT2D eigenvalue weighted by Crippen LogP contribution is 2.40. The van der Waals surface area contributed by atoms with Gasteiger partial charge in [-0.25, -0.2) is 4.68 Å². The Morgan fingerprint density at radius 1 is 1.06 bits per heavy atom. The molecule has 4 rings (SSSR count). The van der Waals surface area contributed by atoms with Gasteiger partial charge in [-0.05, 0) is 37.3 Å². The fourth-order valence-corrected chi connectivity index (χ4v) is 4.07. The molecular formula is C23H21BrCl2N4O2. The Morgan fingerprint density at radius 2 is 1.75 bits per heavy atom. The SMILES string of the molecule is CC(O)c1c(-c2nnc(C(C)(C)C)o2)nn(-c2ccc(Cl)cc2Cl)c1-c1ccc(Br)cc1. The van der Waals surface area contributed by atoms with Crippen LogP contribution in [-0.2, 0) is 5.41 Å². The first kappa shape index (κ1) is 23.0. The number of aliphatic hydroxyl groups is 1. The molecule has 32 heavy (non-hydrogen) atoms. The van der Waals surface area contributed by atoms with Crippen LogP contribution in [0, 0.1) is 0 Å². The van der Waals surface area contributed by atoms with E-state index in [4.69, 9.17) is 32.7 Å². The topological polar surface area (TPSA) is 77.0 Å². The molecule has 0 radical (unpaired) electrons. The van der Waals surface area contributed by atoms with Crippen molar-refractivity contribution in [3.05, 3.63) is 68.4 Å². The molecule has 1 atom stereocenters. The summed E-state index contributed by atoms with van der Waals surface area (Å²) in [6, 6.07) is 12.9. The van der Waals surface area contributed by atoms with E-state index in [-0.39, 0.29) is 11.3 Å². The Kier molecular flexibility index (Phi) is 6.20. The molecule has 2 heterocycles. The Balaban J connectivity index is 2.03. The normalized spacial score (nSPS) is 12.9. The van der Waals surface area contributed by atoms with Crippen LogP contribution in [0.2, 0.25) is 10.0 Å². The maximum Gasteiger partial charge on any atom is 0.268 e. The Hall–Kier alpha value is -2.19. The number of rotatable bonds is 4. The van der Waals surface area contributed by atoms with Crippen molar-refractivity contribution < 1.29 is 9.52 Å². The van der Waals surface area contributed by atoms with Gasteiger partial charge in [0.25, 0.3) is 5.89 Å². The average Bonchev–Trinajstić information content (AvgIpc) is 3.33. The molecule has 0 aliphatic heterocycles. The van der Waals surface area contributed by atoms with Gasteiger partial charge in [0.1, 0.15) is 0 Å². The first-order valence-corrected chi connectivity index (χ1v) is 11.5. The van der Waals surface area contributed by atoms with Crippen LogP contribution in [0.15, 0.2) is 51.4 Å². The van der Waals surface area contributed by atoms with Crippen LogP contribution in [0.5, 0.6) is 0 Å². The summed E-state index contributed by atoms with van der Waals surface area (Å²) in [5.41, 5.74) is 2.74. The van der Waals surface area contributed by atoms with E-state index in [9.17, 15) is 5.11 Å². The molecule has 166 valence electrons. The maximum absolute atomic E-state index is 10.8. The van der Waals surface area contributed by atoms with Gasteiger partial charge in [0.15, 0.2) is 5.69 Å². The van der Waals surface area contributed by atoms with Gasteiger partial charge in [0.2, 0.25) is 5.89 Å². The van der Waals surface area contributed by atoms with Crippen molar-refractivity contribution in [2.75, 3.05) is 0 Å². The van der Waals surface area contributed by atoms with Crippen molar-refractivity contribution in [1.29, 1.82) is 0 Å². The van der Waals surface area contributed by atoms with Crippen molar-refractivity contribution in [3.63, 3.8) is 0 Å². The molecular weight excluding hydrogens is 515 g/mol. The molecule has 1 N–H and O–H groups in total. The van der Waals surface area contributed by atoms with Gasteiger partial charge in [-0.1, -0.05) is 72.0 Å². The molecule has 0 saturated heterocycles. The zero-order valence-corrected chi connectivity index (χ0v) is 21.0. The zero-order valence-electron chi connectivity index (χ0n) is 17.9. The second kappa shape index (κ2) is 8.63. The van der Waals surface area contributed by atoms with Crippen LogP contribution >= 0.6 is 39.1 Å². The Labute approximate surface area is 204 Å². The first-order chi connectivity index (χ1) is 15.1. The lowest BCUT2D eigenvalue weighted by atomic mass is 9.97. The highest BCUT2D eigenvalue weighted by molar-refractivity contribution is 9.10. The summed E-state index contributed by atoms with van der Waals surface area (Å²) in [7, 11) is 0. The molecule has 0 bridgehead atoms. The van der Waals surface area contributed by atoms with Crippen molar-refractivity contribution in [3.8, 4) is 28.5 Å². The maximum atomic E-state index is 10.8. The fraction of sp³-hybridized carbons (Fsp3) is 0.261. The monoisotopic (exact) mass is 534 g/mol. The van der Waals surface area contributed by atoms with Crippen molar-refractivity contribution >= 4 is 39.1 Å². The minimum absolute atomic E-state index is 0.230. The molecule has 9 heteroatoms. The second-order valence-corrected chi connectivity index (χ2v) is 10.2. The molecule has 2 aromatic carbocycles. The van der Waals surface area contributed by atoms with Gasteiger partial charge in [-0.3, -0.25) is 0 Å². The van der Waals surface area contributed by atoms with Crippen LogP contribution < -0.4 is 0 Å². The van der Waals surface area contributed by atoms with Gasteiger partial charge in [0, 0.05) is 26.0 Å². The molecule has 2 aromatic heterocycles. The molecule has 0 aliphatic carbocycles. The molecule has 0 aliphatic rings. The minimum Gasteiger partial charge on any atom is -0.419 e. The predicted octanol–water partition coefficient (Wildman–Crippen LogP) is 7.01. The molecule has 4 aromatic rings. The Bertz CT molecular complexity index is 1270. The van der Waals surface area contributed by atoms with E-state index in [1.165, 1.54) is 0 Å². The number of hydrogen-bond acceptors (Lipinski definition) is 5. The lowest BCUT2D eigenvalue weighted by Gasteiger charge is -2.13. The van der Waals surface area contributed by atoms with Gasteiger partial charge >= 0.3 is 0 Å². The summed E-state index contributed by atoms with van der Waals surface area (Å²) in [6.07, 6.45) is -0.867. The summed E-state index contributed by atoms with van der Waals surface area (Å²) in [4.78, 5) is 0. The van der Waals surface area contributed by atoms with Crippen molar-refractivity contribution in [2.45, 2.75) is 39.2 Å². The predicted molar refractivity (Wildman–Crippen MR) is 129 cm³/mol. The van der Waals surface area contributed by atoms with E-state index in [1.54, 1.807) is 29.8 Å². The van der Waals surface area contributed by atoms with Crippen LogP contribution in [-0.4, -0.2) is 25.1 Å². The first-order valence-electron chi connectivity index (χ1n) is 9.93. The van der Waals surface area contributed by atoms with Gasteiger partial charge in [-0.2, -0.15) is 5.10 Å². The number of hydrogen-bond donors (Lipinski definition) is 1. The lowest BCUT2D eigenvalue weighted by molar-refractivity contribution is 0.200. The van der Waals surface area contributed by atoms with Crippen LogP contribution in [0.3, 0.4) is 0 Å². The van der Waals surface area contributed by atoms with Crippen molar-refractivity contribution in [1.82, 2.24) is 20.0 Å². The smallest absolute Gasteiger partial charge is 0.268 e. The molecule has 0 amide bonds. The third-order valence-corrected chi connectivity index (χ3v) is 5.93. The van der Waals surface area contributed by atoms with Gasteiger partial charge in [0.05, 0.1) is 22.5 Å². The van der Waals surface area contributed by atoms with E-state index < -0.39 is 6.10 Å². The summed E-state index contributed by atoms with van der Waals surface area (Å²) in [6.45, 7) is 7.63. The number of aromatic nitrogens is 4. The molecule has 6 nitrogen and oxygen atoms in total. The number of nitrogens with zero attached hydrogens (tertiary/aromatic N) is 4. The summed E-state index contributed by atoms with van der Waals surface area (Å²) in [5.74, 6) is 0.710. The van der Waals surface area contributed by atoms with Crippen LogP contribution in [0.25, 0.3) is 28.5 Å². The molecule has 0 spiro atoms. The lowest BCUT2D eigenvalue weighted by Crippen LogP contribution is -2.11. The largest absolute Gasteiger partial charge is 0.419 e. The van der Waals surface area contributed by atoms with E-state index in [0.29, 0.717) is 38.6 Å². The Morgan fingerprint density at radius 3 is 2.31 bits per heavy atom. The van der Waals surface area contributed by atoms with E-state index in [0.717, 1.165) is 10.0 Å². The average molecular weight is 536 g/mol. The zero-order chi connectivity index (χ0) is 23.2. The van der Waals surface area contributed by atoms with Gasteiger partial charge < -0.3 is 9.52 Å². The van der Waals surface area contributed by atoms with E-state index >= 15 is 0 Å². The summed E-state index contributed by atoms with van der Waals surface area (Å²) < 4.78 is 8.58. The number of benzene rings is 2. The van der Waals surface area contributed by atoms with E-state index in [1.807, 2.05) is 45.0 Å². The number of aliphatic hydroxyl groups excluding tert-OH is 1. The van der Waals surface area contributed by atoms with E-state index in [2.05, 4.69) is 26.1 Å². The highest BCUT2D eigenvalue weighted by Gasteiger charge is 2.30. The van der Waals surface area contributed by atoms with Crippen molar-refractivity contribution in [2.24, 2.45) is 0 Å². The minimum atomic E-state index is -0.867. The highest BCUT2D eigenvalue weighted by atomic mass is 79.9. The fourth-order valence-electron chi connectivity index (χ4n) is 3.32. The molecule has 1 unspecified atom stereocenters. The third kappa shape index (κ3) is 4.35.